The Morgan fingerprint density at radius 3 is 2.52 bits per heavy atom. The van der Waals surface area contributed by atoms with Crippen LogP contribution in [0.5, 0.6) is 0 Å². The van der Waals surface area contributed by atoms with Gasteiger partial charge in [-0.3, -0.25) is 0 Å². The van der Waals surface area contributed by atoms with E-state index in [0.29, 0.717) is 27.2 Å². The van der Waals surface area contributed by atoms with Gasteiger partial charge in [-0.25, -0.2) is 0 Å². The Balaban J connectivity index is 2.07. The van der Waals surface area contributed by atoms with E-state index in [4.69, 9.17) is 39.5 Å². The third-order valence-electron chi connectivity index (χ3n) is 4.53. The summed E-state index contributed by atoms with van der Waals surface area (Å²) >= 11 is 18.4. The smallest absolute Gasteiger partial charge is 0.0781 e. The molecule has 0 spiro atoms. The molecule has 1 fully saturated rings. The van der Waals surface area contributed by atoms with Gasteiger partial charge in [0, 0.05) is 24.1 Å². The molecule has 1 saturated carbocycles. The van der Waals surface area contributed by atoms with Gasteiger partial charge in [-0.05, 0) is 31.9 Å². The number of benzene rings is 1. The molecule has 0 aliphatic heterocycles. The van der Waals surface area contributed by atoms with Crippen LogP contribution in [0.3, 0.4) is 0 Å². The summed E-state index contributed by atoms with van der Waals surface area (Å²) in [6.45, 7) is 9.36. The average Bonchev–Trinajstić information content (AvgIpc) is 2.43. The van der Waals surface area contributed by atoms with E-state index in [-0.39, 0.29) is 11.5 Å². The van der Waals surface area contributed by atoms with Gasteiger partial charge in [0.15, 0.2) is 0 Å². The van der Waals surface area contributed by atoms with Crippen molar-refractivity contribution in [1.82, 2.24) is 5.32 Å². The summed E-state index contributed by atoms with van der Waals surface area (Å²) < 4.78 is 5.76. The lowest BCUT2D eigenvalue weighted by atomic mass is 9.64. The fourth-order valence-corrected chi connectivity index (χ4v) is 3.63. The summed E-state index contributed by atoms with van der Waals surface area (Å²) in [4.78, 5) is 0. The molecule has 1 aliphatic carbocycles. The molecule has 1 aromatic rings. The zero-order chi connectivity index (χ0) is 15.8. The summed E-state index contributed by atoms with van der Waals surface area (Å²) in [6.07, 6.45) is 1.33. The Labute approximate surface area is 142 Å². The minimum atomic E-state index is 0.110. The van der Waals surface area contributed by atoms with Gasteiger partial charge in [0.1, 0.15) is 0 Å². The van der Waals surface area contributed by atoms with Crippen molar-refractivity contribution in [2.75, 3.05) is 6.61 Å². The number of nitrogens with one attached hydrogen (secondary N) is 1. The van der Waals surface area contributed by atoms with Crippen molar-refractivity contribution in [1.29, 1.82) is 0 Å². The summed E-state index contributed by atoms with van der Waals surface area (Å²) in [5.74, 6) is 0. The predicted molar refractivity (Wildman–Crippen MR) is 90.6 cm³/mol. The maximum absolute atomic E-state index is 6.31. The summed E-state index contributed by atoms with van der Waals surface area (Å²) in [5, 5.41) is 5.07. The highest BCUT2D eigenvalue weighted by Gasteiger charge is 2.49. The van der Waals surface area contributed by atoms with Crippen LogP contribution in [-0.4, -0.2) is 18.8 Å². The fourth-order valence-electron chi connectivity index (χ4n) is 2.92. The van der Waals surface area contributed by atoms with Gasteiger partial charge < -0.3 is 10.1 Å². The first-order valence-electron chi connectivity index (χ1n) is 7.30. The van der Waals surface area contributed by atoms with Gasteiger partial charge >= 0.3 is 0 Å². The van der Waals surface area contributed by atoms with Crippen LogP contribution in [0.25, 0.3) is 0 Å². The maximum Gasteiger partial charge on any atom is 0.0781 e. The first-order chi connectivity index (χ1) is 9.78. The van der Waals surface area contributed by atoms with Gasteiger partial charge in [0.05, 0.1) is 21.2 Å². The van der Waals surface area contributed by atoms with Crippen LogP contribution in [-0.2, 0) is 4.74 Å². The van der Waals surface area contributed by atoms with Gasteiger partial charge in [-0.2, -0.15) is 0 Å². The zero-order valence-electron chi connectivity index (χ0n) is 12.8. The Bertz CT molecular complexity index is 518. The molecule has 0 saturated heterocycles. The highest BCUT2D eigenvalue weighted by atomic mass is 35.5. The van der Waals surface area contributed by atoms with Crippen molar-refractivity contribution in [3.63, 3.8) is 0 Å². The minimum Gasteiger partial charge on any atom is -0.378 e. The van der Waals surface area contributed by atoms with Crippen molar-refractivity contribution in [2.45, 2.75) is 52.3 Å². The van der Waals surface area contributed by atoms with Crippen LogP contribution in [0, 0.1) is 5.41 Å². The Hall–Kier alpha value is 0.01000. The molecule has 118 valence electrons. The summed E-state index contributed by atoms with van der Waals surface area (Å²) in [5.41, 5.74) is 1.09. The van der Waals surface area contributed by atoms with Crippen molar-refractivity contribution in [2.24, 2.45) is 5.41 Å². The molecular weight excluding hydrogens is 329 g/mol. The highest BCUT2D eigenvalue weighted by molar-refractivity contribution is 6.48. The van der Waals surface area contributed by atoms with Crippen molar-refractivity contribution >= 4 is 34.8 Å². The lowest BCUT2D eigenvalue weighted by Gasteiger charge is -2.52. The lowest BCUT2D eigenvalue weighted by molar-refractivity contribution is -0.116. The van der Waals surface area contributed by atoms with E-state index in [1.165, 1.54) is 0 Å². The molecule has 1 N–H and O–H groups in total. The Morgan fingerprint density at radius 1 is 1.29 bits per heavy atom. The van der Waals surface area contributed by atoms with Crippen molar-refractivity contribution in [3.05, 3.63) is 32.8 Å². The number of halogens is 3. The average molecular weight is 351 g/mol. The Kier molecular flexibility index (Phi) is 5.49. The van der Waals surface area contributed by atoms with E-state index in [9.17, 15) is 0 Å². The molecule has 0 radical (unpaired) electrons. The highest BCUT2D eigenvalue weighted by Crippen LogP contribution is 2.44. The molecule has 1 aromatic carbocycles. The second-order valence-corrected chi connectivity index (χ2v) is 7.37. The van der Waals surface area contributed by atoms with E-state index in [1.807, 2.05) is 13.0 Å². The molecule has 0 bridgehead atoms. The Morgan fingerprint density at radius 2 is 1.95 bits per heavy atom. The normalized spacial score (nSPS) is 25.5. The summed E-state index contributed by atoms with van der Waals surface area (Å²) in [6, 6.07) is 4.23. The van der Waals surface area contributed by atoms with Gasteiger partial charge in [-0.1, -0.05) is 54.7 Å². The number of hydrogen-bond donors (Lipinski definition) is 1. The predicted octanol–water partition coefficient (Wildman–Crippen LogP) is 5.50. The van der Waals surface area contributed by atoms with Crippen LogP contribution in [0.15, 0.2) is 12.1 Å². The molecule has 3 atom stereocenters. The topological polar surface area (TPSA) is 21.3 Å². The SMILES string of the molecule is CCOC1CC(NC(C)c2ccc(Cl)c(Cl)c2Cl)C1(C)C. The van der Waals surface area contributed by atoms with Crippen LogP contribution >= 0.6 is 34.8 Å². The van der Waals surface area contributed by atoms with Crippen LogP contribution in [0.1, 0.15) is 45.7 Å². The van der Waals surface area contributed by atoms with E-state index >= 15 is 0 Å². The molecule has 2 rings (SSSR count). The minimum absolute atomic E-state index is 0.110. The second-order valence-electron chi connectivity index (χ2n) is 6.21. The van der Waals surface area contributed by atoms with Crippen LogP contribution < -0.4 is 5.32 Å². The number of hydrogen-bond acceptors (Lipinski definition) is 2. The van der Waals surface area contributed by atoms with Gasteiger partial charge in [0.25, 0.3) is 0 Å². The molecular formula is C16H22Cl3NO. The van der Waals surface area contributed by atoms with Crippen LogP contribution in [0.2, 0.25) is 15.1 Å². The molecule has 3 unspecified atom stereocenters. The van der Waals surface area contributed by atoms with E-state index in [2.05, 4.69) is 26.1 Å². The molecule has 0 aromatic heterocycles. The summed E-state index contributed by atoms with van der Waals surface area (Å²) in [7, 11) is 0. The molecule has 1 aliphatic rings. The van der Waals surface area contributed by atoms with Gasteiger partial charge in [0.2, 0.25) is 0 Å². The number of ether oxygens (including phenoxy) is 1. The van der Waals surface area contributed by atoms with E-state index in [0.717, 1.165) is 18.6 Å². The zero-order valence-corrected chi connectivity index (χ0v) is 15.1. The quantitative estimate of drug-likeness (QED) is 0.708. The lowest BCUT2D eigenvalue weighted by Crippen LogP contribution is -2.61. The van der Waals surface area contributed by atoms with E-state index < -0.39 is 0 Å². The third kappa shape index (κ3) is 3.35. The monoisotopic (exact) mass is 349 g/mol. The first kappa shape index (κ1) is 17.4. The molecule has 5 heteroatoms. The maximum atomic E-state index is 6.31. The van der Waals surface area contributed by atoms with E-state index in [1.54, 1.807) is 6.07 Å². The fraction of sp³-hybridized carbons (Fsp3) is 0.625. The molecule has 0 amide bonds. The third-order valence-corrected chi connectivity index (χ3v) is 5.84. The molecule has 0 heterocycles. The number of rotatable bonds is 5. The molecule has 2 nitrogen and oxygen atoms in total. The van der Waals surface area contributed by atoms with Crippen molar-refractivity contribution < 1.29 is 4.74 Å². The van der Waals surface area contributed by atoms with Gasteiger partial charge in [-0.15, -0.1) is 0 Å². The first-order valence-corrected chi connectivity index (χ1v) is 8.43. The molecule has 21 heavy (non-hydrogen) atoms. The standard InChI is InChI=1S/C16H22Cl3NO/c1-5-21-13-8-12(16(13,3)4)20-9(2)10-6-7-11(17)15(19)14(10)18/h6-7,9,12-13,20H,5,8H2,1-4H3. The van der Waals surface area contributed by atoms with Crippen molar-refractivity contribution in [3.8, 4) is 0 Å². The largest absolute Gasteiger partial charge is 0.378 e. The van der Waals surface area contributed by atoms with Crippen LogP contribution in [0.4, 0.5) is 0 Å². The second kappa shape index (κ2) is 6.64.